The van der Waals surface area contributed by atoms with Gasteiger partial charge in [-0.25, -0.2) is 19.7 Å². The van der Waals surface area contributed by atoms with Crippen LogP contribution in [0.1, 0.15) is 10.4 Å². The molecule has 0 saturated heterocycles. The van der Waals surface area contributed by atoms with Crippen LogP contribution < -0.4 is 5.32 Å². The van der Waals surface area contributed by atoms with Gasteiger partial charge in [0.15, 0.2) is 5.13 Å². The van der Waals surface area contributed by atoms with Crippen molar-refractivity contribution >= 4 is 33.9 Å². The number of fused-ring (bicyclic) bond motifs is 1. The van der Waals surface area contributed by atoms with Gasteiger partial charge in [0.25, 0.3) is 0 Å². The highest BCUT2D eigenvalue weighted by Crippen LogP contribution is 2.27. The molecule has 0 fully saturated rings. The molecule has 0 unspecified atom stereocenters. The van der Waals surface area contributed by atoms with E-state index in [1.54, 1.807) is 36.7 Å². The molecule has 0 radical (unpaired) electrons. The number of imidazole rings is 1. The van der Waals surface area contributed by atoms with E-state index < -0.39 is 5.97 Å². The van der Waals surface area contributed by atoms with Crippen molar-refractivity contribution in [2.75, 3.05) is 5.32 Å². The maximum atomic E-state index is 11.0. The number of thiazole rings is 1. The normalized spacial score (nSPS) is 10.8. The lowest BCUT2D eigenvalue weighted by atomic mass is 10.2. The number of nitrogens with zero attached hydrogens (tertiary/aromatic N) is 4. The number of hydrogen-bond donors (Lipinski definition) is 2. The van der Waals surface area contributed by atoms with Gasteiger partial charge in [0.2, 0.25) is 5.78 Å². The Morgan fingerprint density at radius 2 is 2.17 bits per heavy atom. The zero-order valence-electron chi connectivity index (χ0n) is 12.2. The number of anilines is 2. The Hall–Kier alpha value is -3.26. The van der Waals surface area contributed by atoms with E-state index in [-0.39, 0.29) is 5.56 Å². The number of aromatic carboxylic acids is 1. The van der Waals surface area contributed by atoms with Gasteiger partial charge in [0, 0.05) is 23.5 Å². The number of nitrogens with one attached hydrogen (secondary N) is 1. The summed E-state index contributed by atoms with van der Waals surface area (Å²) in [6.45, 7) is 0. The predicted molar refractivity (Wildman–Crippen MR) is 90.8 cm³/mol. The van der Waals surface area contributed by atoms with Crippen molar-refractivity contribution in [1.82, 2.24) is 19.4 Å². The average Bonchev–Trinajstić information content (AvgIpc) is 3.21. The third-order valence-electron chi connectivity index (χ3n) is 3.42. The first-order valence-electron chi connectivity index (χ1n) is 7.05. The second kappa shape index (κ2) is 5.74. The molecule has 0 bridgehead atoms. The fourth-order valence-electron chi connectivity index (χ4n) is 2.32. The van der Waals surface area contributed by atoms with E-state index in [0.717, 1.165) is 11.4 Å². The van der Waals surface area contributed by atoms with Crippen molar-refractivity contribution < 1.29 is 9.90 Å². The largest absolute Gasteiger partial charge is 0.478 e. The molecule has 118 valence electrons. The number of carbonyl (C=O) groups is 1. The molecule has 4 aromatic rings. The molecule has 0 spiro atoms. The van der Waals surface area contributed by atoms with E-state index in [1.165, 1.54) is 11.3 Å². The summed E-state index contributed by atoms with van der Waals surface area (Å²) in [5.41, 5.74) is 2.53. The summed E-state index contributed by atoms with van der Waals surface area (Å²) in [6.07, 6.45) is 5.30. The highest BCUT2D eigenvalue weighted by atomic mass is 32.1. The van der Waals surface area contributed by atoms with Gasteiger partial charge in [-0.2, -0.15) is 0 Å². The molecular weight excluding hydrogens is 326 g/mol. The number of benzene rings is 1. The van der Waals surface area contributed by atoms with Crippen molar-refractivity contribution in [2.24, 2.45) is 0 Å². The summed E-state index contributed by atoms with van der Waals surface area (Å²) in [5, 5.41) is 14.8. The van der Waals surface area contributed by atoms with Crippen molar-refractivity contribution in [3.05, 3.63) is 59.9 Å². The maximum absolute atomic E-state index is 11.0. The molecule has 0 aliphatic heterocycles. The zero-order valence-corrected chi connectivity index (χ0v) is 13.1. The molecule has 0 saturated carbocycles. The molecule has 7 nitrogen and oxygen atoms in total. The quantitative estimate of drug-likeness (QED) is 0.593. The third kappa shape index (κ3) is 2.59. The second-order valence-corrected chi connectivity index (χ2v) is 5.84. The van der Waals surface area contributed by atoms with Crippen molar-refractivity contribution in [1.29, 1.82) is 0 Å². The Kier molecular flexibility index (Phi) is 3.43. The second-order valence-electron chi connectivity index (χ2n) is 4.98. The average molecular weight is 337 g/mol. The van der Waals surface area contributed by atoms with Crippen LogP contribution in [-0.2, 0) is 0 Å². The molecule has 0 aliphatic rings. The molecule has 0 amide bonds. The monoisotopic (exact) mass is 337 g/mol. The van der Waals surface area contributed by atoms with Crippen LogP contribution in [-0.4, -0.2) is 30.4 Å². The van der Waals surface area contributed by atoms with Gasteiger partial charge in [-0.1, -0.05) is 6.07 Å². The van der Waals surface area contributed by atoms with Crippen molar-refractivity contribution in [2.45, 2.75) is 0 Å². The highest BCUT2D eigenvalue weighted by Gasteiger charge is 2.11. The summed E-state index contributed by atoms with van der Waals surface area (Å²) in [5.74, 6) is -0.346. The van der Waals surface area contributed by atoms with Crippen LogP contribution in [0.25, 0.3) is 17.2 Å². The Balaban J connectivity index is 1.63. The minimum absolute atomic E-state index is 0.227. The number of carboxylic acid groups (broad SMARTS) is 1. The molecule has 1 aromatic carbocycles. The maximum Gasteiger partial charge on any atom is 0.335 e. The molecule has 3 heterocycles. The molecule has 4 rings (SSSR count). The summed E-state index contributed by atoms with van der Waals surface area (Å²) in [7, 11) is 0. The number of aromatic nitrogens is 4. The summed E-state index contributed by atoms with van der Waals surface area (Å²) in [4.78, 5) is 24.0. The molecule has 0 atom stereocenters. The lowest BCUT2D eigenvalue weighted by Crippen LogP contribution is -1.97. The Morgan fingerprint density at radius 3 is 3.04 bits per heavy atom. The molecule has 2 N–H and O–H groups in total. The molecular formula is C16H11N5O2S. The van der Waals surface area contributed by atoms with E-state index in [4.69, 9.17) is 5.11 Å². The molecule has 8 heteroatoms. The van der Waals surface area contributed by atoms with E-state index in [9.17, 15) is 4.79 Å². The van der Waals surface area contributed by atoms with Crippen LogP contribution in [0.2, 0.25) is 0 Å². The minimum Gasteiger partial charge on any atom is -0.478 e. The smallest absolute Gasteiger partial charge is 0.335 e. The molecule has 0 aliphatic carbocycles. The lowest BCUT2D eigenvalue weighted by molar-refractivity contribution is 0.0697. The lowest BCUT2D eigenvalue weighted by Gasteiger charge is -2.03. The first-order valence-corrected chi connectivity index (χ1v) is 7.93. The number of rotatable bonds is 4. The molecule has 3 aromatic heterocycles. The summed E-state index contributed by atoms with van der Waals surface area (Å²) < 4.78 is 1.86. The Bertz CT molecular complexity index is 1040. The van der Waals surface area contributed by atoms with E-state index in [1.807, 2.05) is 22.0 Å². The van der Waals surface area contributed by atoms with Gasteiger partial charge in [0.05, 0.1) is 17.5 Å². The van der Waals surface area contributed by atoms with Crippen LogP contribution in [0.3, 0.4) is 0 Å². The SMILES string of the molecule is O=C(O)c1cccc(Nc2nc(-c3cnc4ncccn34)cs2)c1. The third-order valence-corrected chi connectivity index (χ3v) is 4.17. The van der Waals surface area contributed by atoms with E-state index in [0.29, 0.717) is 16.6 Å². The Morgan fingerprint density at radius 1 is 1.25 bits per heavy atom. The molecule has 24 heavy (non-hydrogen) atoms. The van der Waals surface area contributed by atoms with Crippen LogP contribution in [0.5, 0.6) is 0 Å². The fraction of sp³-hybridized carbons (Fsp3) is 0. The van der Waals surface area contributed by atoms with Crippen LogP contribution in [0.15, 0.2) is 54.3 Å². The van der Waals surface area contributed by atoms with Gasteiger partial charge >= 0.3 is 5.97 Å². The Labute approximate surface area is 140 Å². The van der Waals surface area contributed by atoms with Gasteiger partial charge in [-0.05, 0) is 24.3 Å². The van der Waals surface area contributed by atoms with E-state index >= 15 is 0 Å². The zero-order chi connectivity index (χ0) is 16.5. The highest BCUT2D eigenvalue weighted by molar-refractivity contribution is 7.14. The first kappa shape index (κ1) is 14.3. The fourth-order valence-corrected chi connectivity index (χ4v) is 3.04. The van der Waals surface area contributed by atoms with Crippen molar-refractivity contribution in [3.63, 3.8) is 0 Å². The number of hydrogen-bond acceptors (Lipinski definition) is 6. The van der Waals surface area contributed by atoms with E-state index in [2.05, 4.69) is 20.3 Å². The first-order chi connectivity index (χ1) is 11.7. The topological polar surface area (TPSA) is 92.4 Å². The van der Waals surface area contributed by atoms with Crippen LogP contribution in [0.4, 0.5) is 10.8 Å². The summed E-state index contributed by atoms with van der Waals surface area (Å²) in [6, 6.07) is 8.44. The summed E-state index contributed by atoms with van der Waals surface area (Å²) >= 11 is 1.43. The van der Waals surface area contributed by atoms with Crippen LogP contribution >= 0.6 is 11.3 Å². The van der Waals surface area contributed by atoms with Gasteiger partial charge in [-0.15, -0.1) is 11.3 Å². The van der Waals surface area contributed by atoms with Gasteiger partial charge < -0.3 is 10.4 Å². The standard InChI is InChI=1S/C16H11N5O2S/c22-14(23)10-3-1-4-11(7-10)19-16-20-12(9-24-16)13-8-18-15-17-5-2-6-21(13)15/h1-9H,(H,19,20)(H,22,23). The van der Waals surface area contributed by atoms with Crippen LogP contribution in [0, 0.1) is 0 Å². The predicted octanol–water partition coefficient (Wildman–Crippen LogP) is 3.29. The van der Waals surface area contributed by atoms with Gasteiger partial charge in [0.1, 0.15) is 5.69 Å². The van der Waals surface area contributed by atoms with Gasteiger partial charge in [-0.3, -0.25) is 4.40 Å². The number of carboxylic acids is 1. The van der Waals surface area contributed by atoms with Crippen molar-refractivity contribution in [3.8, 4) is 11.4 Å². The minimum atomic E-state index is -0.961.